The highest BCUT2D eigenvalue weighted by molar-refractivity contribution is 6.05. The number of aromatic nitrogens is 1. The van der Waals surface area contributed by atoms with Crippen molar-refractivity contribution in [3.05, 3.63) is 53.7 Å². The first-order valence-corrected chi connectivity index (χ1v) is 7.05. The van der Waals surface area contributed by atoms with Crippen LogP contribution in [0.25, 0.3) is 0 Å². The summed E-state index contributed by atoms with van der Waals surface area (Å²) in [6, 6.07) is 9.49. The molecule has 2 N–H and O–H groups in total. The van der Waals surface area contributed by atoms with E-state index in [-0.39, 0.29) is 18.1 Å². The fourth-order valence-electron chi connectivity index (χ4n) is 1.91. The summed E-state index contributed by atoms with van der Waals surface area (Å²) in [6.07, 6.45) is -2.79. The Morgan fingerprint density at radius 2 is 1.92 bits per heavy atom. The van der Waals surface area contributed by atoms with Crippen LogP contribution >= 0.6 is 0 Å². The van der Waals surface area contributed by atoms with Crippen molar-refractivity contribution >= 4 is 11.6 Å². The molecule has 0 fully saturated rings. The number of hydrogen-bond donors (Lipinski definition) is 2. The lowest BCUT2D eigenvalue weighted by Gasteiger charge is -2.12. The first kappa shape index (κ1) is 17.7. The molecule has 2 rings (SSSR count). The lowest BCUT2D eigenvalue weighted by molar-refractivity contribution is -0.154. The molecule has 0 aliphatic heterocycles. The van der Waals surface area contributed by atoms with Crippen molar-refractivity contribution in [1.82, 2.24) is 4.98 Å². The predicted molar refractivity (Wildman–Crippen MR) is 81.0 cm³/mol. The fourth-order valence-corrected chi connectivity index (χ4v) is 1.91. The number of ether oxygens (including phenoxy) is 1. The van der Waals surface area contributed by atoms with Gasteiger partial charge in [-0.15, -0.1) is 0 Å². The van der Waals surface area contributed by atoms with Crippen LogP contribution in [0.2, 0.25) is 0 Å². The van der Waals surface area contributed by atoms with Crippen LogP contribution in [0, 0.1) is 0 Å². The van der Waals surface area contributed by atoms with Crippen LogP contribution in [-0.4, -0.2) is 35.4 Å². The lowest BCUT2D eigenvalue weighted by atomic mass is 10.1. The standard InChI is InChI=1S/C16H15F3N2O3/c17-16(18,19)10-24-15-13(2-1-8-20-15)14(23)21-12-5-3-11(4-6-12)7-9-22/h1-6,8,22H,7,9-10H2,(H,21,23). The van der Waals surface area contributed by atoms with Crippen LogP contribution in [0.1, 0.15) is 15.9 Å². The Bertz CT molecular complexity index is 688. The zero-order valence-corrected chi connectivity index (χ0v) is 12.5. The maximum absolute atomic E-state index is 12.3. The van der Waals surface area contributed by atoms with Crippen LogP contribution in [0.15, 0.2) is 42.6 Å². The van der Waals surface area contributed by atoms with E-state index in [1.807, 2.05) is 0 Å². The molecule has 0 bridgehead atoms. The molecule has 2 aromatic rings. The van der Waals surface area contributed by atoms with Crippen LogP contribution < -0.4 is 10.1 Å². The number of carbonyl (C=O) groups excluding carboxylic acids is 1. The molecule has 0 atom stereocenters. The Hall–Kier alpha value is -2.61. The third-order valence-electron chi connectivity index (χ3n) is 3.00. The van der Waals surface area contributed by atoms with Crippen LogP contribution in [0.4, 0.5) is 18.9 Å². The molecule has 0 aliphatic rings. The third-order valence-corrected chi connectivity index (χ3v) is 3.00. The van der Waals surface area contributed by atoms with E-state index in [1.165, 1.54) is 18.3 Å². The predicted octanol–water partition coefficient (Wildman–Crippen LogP) is 2.81. The summed E-state index contributed by atoms with van der Waals surface area (Å²) in [4.78, 5) is 15.9. The van der Waals surface area contributed by atoms with E-state index < -0.39 is 18.7 Å². The van der Waals surface area contributed by atoms with Gasteiger partial charge in [-0.2, -0.15) is 13.2 Å². The topological polar surface area (TPSA) is 71.5 Å². The van der Waals surface area contributed by atoms with Gasteiger partial charge in [0.2, 0.25) is 5.88 Å². The van der Waals surface area contributed by atoms with E-state index in [4.69, 9.17) is 5.11 Å². The number of hydrogen-bond acceptors (Lipinski definition) is 4. The van der Waals surface area contributed by atoms with Crippen molar-refractivity contribution in [2.45, 2.75) is 12.6 Å². The summed E-state index contributed by atoms with van der Waals surface area (Å²) in [7, 11) is 0. The average molecular weight is 340 g/mol. The maximum atomic E-state index is 12.3. The number of pyridine rings is 1. The van der Waals surface area contributed by atoms with E-state index in [0.29, 0.717) is 12.1 Å². The molecule has 1 heterocycles. The minimum absolute atomic E-state index is 0.0152. The molecule has 128 valence electrons. The van der Waals surface area contributed by atoms with Crippen molar-refractivity contribution in [3.8, 4) is 5.88 Å². The number of alkyl halides is 3. The monoisotopic (exact) mass is 340 g/mol. The third kappa shape index (κ3) is 5.24. The molecule has 0 saturated carbocycles. The molecule has 1 amide bonds. The van der Waals surface area contributed by atoms with Crippen molar-refractivity contribution in [2.75, 3.05) is 18.5 Å². The highest BCUT2D eigenvalue weighted by atomic mass is 19.4. The molecular formula is C16H15F3N2O3. The fraction of sp³-hybridized carbons (Fsp3) is 0.250. The molecule has 0 unspecified atom stereocenters. The van der Waals surface area contributed by atoms with Gasteiger partial charge < -0.3 is 15.2 Å². The molecule has 8 heteroatoms. The summed E-state index contributed by atoms with van der Waals surface area (Å²) >= 11 is 0. The van der Waals surface area contributed by atoms with Gasteiger partial charge in [-0.1, -0.05) is 12.1 Å². The second kappa shape index (κ2) is 7.78. The second-order valence-corrected chi connectivity index (χ2v) is 4.88. The number of amides is 1. The van der Waals surface area contributed by atoms with Crippen molar-refractivity contribution < 1.29 is 27.8 Å². The van der Waals surface area contributed by atoms with Crippen LogP contribution in [0.3, 0.4) is 0 Å². The molecule has 5 nitrogen and oxygen atoms in total. The number of nitrogens with zero attached hydrogens (tertiary/aromatic N) is 1. The first-order chi connectivity index (χ1) is 11.4. The number of anilines is 1. The summed E-state index contributed by atoms with van der Waals surface area (Å²) < 4.78 is 41.3. The zero-order chi connectivity index (χ0) is 17.6. The Balaban J connectivity index is 2.09. The van der Waals surface area contributed by atoms with E-state index in [0.717, 1.165) is 5.56 Å². The summed E-state index contributed by atoms with van der Waals surface area (Å²) in [5, 5.41) is 11.4. The van der Waals surface area contributed by atoms with Gasteiger partial charge in [-0.05, 0) is 36.2 Å². The quantitative estimate of drug-likeness (QED) is 0.848. The van der Waals surface area contributed by atoms with Crippen molar-refractivity contribution in [3.63, 3.8) is 0 Å². The Morgan fingerprint density at radius 3 is 2.54 bits per heavy atom. The number of carbonyl (C=O) groups is 1. The number of rotatable bonds is 6. The van der Waals surface area contributed by atoms with Gasteiger partial charge in [0.15, 0.2) is 6.61 Å². The normalized spacial score (nSPS) is 11.2. The Morgan fingerprint density at radius 1 is 1.21 bits per heavy atom. The molecule has 1 aromatic carbocycles. The average Bonchev–Trinajstić information content (AvgIpc) is 2.54. The minimum atomic E-state index is -4.52. The van der Waals surface area contributed by atoms with Gasteiger partial charge in [0.1, 0.15) is 5.56 Å². The number of aliphatic hydroxyl groups excluding tert-OH is 1. The van der Waals surface area contributed by atoms with E-state index in [1.54, 1.807) is 24.3 Å². The molecule has 0 saturated heterocycles. The largest absolute Gasteiger partial charge is 0.467 e. The first-order valence-electron chi connectivity index (χ1n) is 7.05. The van der Waals surface area contributed by atoms with Crippen LogP contribution in [0.5, 0.6) is 5.88 Å². The van der Waals surface area contributed by atoms with Crippen LogP contribution in [-0.2, 0) is 6.42 Å². The Kier molecular flexibility index (Phi) is 5.75. The second-order valence-electron chi connectivity index (χ2n) is 4.88. The van der Waals surface area contributed by atoms with E-state index in [2.05, 4.69) is 15.0 Å². The summed E-state index contributed by atoms with van der Waals surface area (Å²) in [5.74, 6) is -1.01. The van der Waals surface area contributed by atoms with Gasteiger partial charge in [0.25, 0.3) is 5.91 Å². The molecule has 24 heavy (non-hydrogen) atoms. The smallest absolute Gasteiger partial charge is 0.422 e. The number of benzene rings is 1. The van der Waals surface area contributed by atoms with E-state index in [9.17, 15) is 18.0 Å². The Labute approximate surface area is 136 Å². The maximum Gasteiger partial charge on any atom is 0.422 e. The minimum Gasteiger partial charge on any atom is -0.467 e. The van der Waals surface area contributed by atoms with Gasteiger partial charge in [0, 0.05) is 18.5 Å². The number of halogens is 3. The molecule has 0 aliphatic carbocycles. The molecule has 0 spiro atoms. The summed E-state index contributed by atoms with van der Waals surface area (Å²) in [5.41, 5.74) is 1.26. The van der Waals surface area contributed by atoms with Gasteiger partial charge >= 0.3 is 6.18 Å². The SMILES string of the molecule is O=C(Nc1ccc(CCO)cc1)c1cccnc1OCC(F)(F)F. The zero-order valence-electron chi connectivity index (χ0n) is 12.5. The van der Waals surface area contributed by atoms with Gasteiger partial charge in [-0.3, -0.25) is 4.79 Å². The highest BCUT2D eigenvalue weighted by Crippen LogP contribution is 2.21. The van der Waals surface area contributed by atoms with Crippen molar-refractivity contribution in [1.29, 1.82) is 0 Å². The highest BCUT2D eigenvalue weighted by Gasteiger charge is 2.29. The van der Waals surface area contributed by atoms with Gasteiger partial charge in [0.05, 0.1) is 0 Å². The molecule has 1 aromatic heterocycles. The van der Waals surface area contributed by atoms with E-state index >= 15 is 0 Å². The number of nitrogens with one attached hydrogen (secondary N) is 1. The lowest BCUT2D eigenvalue weighted by Crippen LogP contribution is -2.22. The molecular weight excluding hydrogens is 325 g/mol. The van der Waals surface area contributed by atoms with Crippen molar-refractivity contribution in [2.24, 2.45) is 0 Å². The number of aliphatic hydroxyl groups is 1. The molecule has 0 radical (unpaired) electrons. The summed E-state index contributed by atoms with van der Waals surface area (Å²) in [6.45, 7) is -1.51. The van der Waals surface area contributed by atoms with Gasteiger partial charge in [-0.25, -0.2) is 4.98 Å².